The van der Waals surface area contributed by atoms with Crippen LogP contribution in [0.4, 0.5) is 5.82 Å². The molecule has 0 amide bonds. The summed E-state index contributed by atoms with van der Waals surface area (Å²) in [5.41, 5.74) is 1.92. The minimum Gasteiger partial charge on any atom is -0.481 e. The van der Waals surface area contributed by atoms with Crippen molar-refractivity contribution >= 4 is 16.9 Å². The van der Waals surface area contributed by atoms with Gasteiger partial charge in [-0.05, 0) is 12.1 Å². The molecule has 0 aliphatic carbocycles. The molecular formula is C13H14N6O. The number of rotatable bonds is 5. The third kappa shape index (κ3) is 2.51. The highest BCUT2D eigenvalue weighted by molar-refractivity contribution is 5.73. The van der Waals surface area contributed by atoms with Gasteiger partial charge in [0.25, 0.3) is 0 Å². The van der Waals surface area contributed by atoms with Gasteiger partial charge in [0.15, 0.2) is 0 Å². The van der Waals surface area contributed by atoms with E-state index in [4.69, 9.17) is 4.74 Å². The number of fused-ring (bicyclic) bond motifs is 1. The smallest absolute Gasteiger partial charge is 0.218 e. The Morgan fingerprint density at radius 3 is 3.05 bits per heavy atom. The predicted molar refractivity (Wildman–Crippen MR) is 74.6 cm³/mol. The normalized spacial score (nSPS) is 10.7. The van der Waals surface area contributed by atoms with Crippen molar-refractivity contribution in [1.29, 1.82) is 0 Å². The Kier molecular flexibility index (Phi) is 3.40. The first-order chi connectivity index (χ1) is 9.86. The molecule has 0 spiro atoms. The molecule has 7 heteroatoms. The van der Waals surface area contributed by atoms with E-state index in [0.29, 0.717) is 19.0 Å². The largest absolute Gasteiger partial charge is 0.481 e. The fourth-order valence-corrected chi connectivity index (χ4v) is 1.92. The van der Waals surface area contributed by atoms with Crippen LogP contribution in [0.25, 0.3) is 11.0 Å². The van der Waals surface area contributed by atoms with Gasteiger partial charge in [-0.2, -0.15) is 0 Å². The highest BCUT2D eigenvalue weighted by Gasteiger charge is 2.03. The first-order valence-electron chi connectivity index (χ1n) is 6.25. The second kappa shape index (κ2) is 5.52. The molecule has 1 N–H and O–H groups in total. The second-order valence-electron chi connectivity index (χ2n) is 4.17. The van der Waals surface area contributed by atoms with E-state index in [1.54, 1.807) is 13.2 Å². The first kappa shape index (κ1) is 12.3. The molecule has 0 unspecified atom stereocenters. The van der Waals surface area contributed by atoms with Gasteiger partial charge in [0.2, 0.25) is 5.88 Å². The topological polar surface area (TPSA) is 77.8 Å². The predicted octanol–water partition coefficient (Wildman–Crippen LogP) is 1.34. The van der Waals surface area contributed by atoms with Gasteiger partial charge >= 0.3 is 0 Å². The minimum absolute atomic E-state index is 0.536. The van der Waals surface area contributed by atoms with Gasteiger partial charge in [0.05, 0.1) is 19.2 Å². The molecule has 0 saturated heterocycles. The zero-order valence-corrected chi connectivity index (χ0v) is 11.0. The molecule has 0 bridgehead atoms. The average Bonchev–Trinajstić information content (AvgIpc) is 2.91. The lowest BCUT2D eigenvalue weighted by atomic mass is 10.3. The molecule has 2 aromatic heterocycles. The molecule has 102 valence electrons. The number of hydrogen-bond acceptors (Lipinski definition) is 6. The summed E-state index contributed by atoms with van der Waals surface area (Å²) in [7, 11) is 1.58. The standard InChI is InChI=1S/C13H14N6O/c1-20-13-8-12(15-9-16-13)14-6-7-19-11-5-3-2-4-10(11)17-18-19/h2-5,8-9H,6-7H2,1H3,(H,14,15,16). The van der Waals surface area contributed by atoms with Gasteiger partial charge in [-0.3, -0.25) is 0 Å². The van der Waals surface area contributed by atoms with Crippen molar-refractivity contribution in [3.05, 3.63) is 36.7 Å². The summed E-state index contributed by atoms with van der Waals surface area (Å²) in [6, 6.07) is 9.63. The molecule has 7 nitrogen and oxygen atoms in total. The molecule has 3 aromatic rings. The summed E-state index contributed by atoms with van der Waals surface area (Å²) in [6.07, 6.45) is 1.46. The molecule has 0 atom stereocenters. The lowest BCUT2D eigenvalue weighted by molar-refractivity contribution is 0.397. The highest BCUT2D eigenvalue weighted by Crippen LogP contribution is 2.11. The molecule has 0 radical (unpaired) electrons. The summed E-state index contributed by atoms with van der Waals surface area (Å²) in [5.74, 6) is 1.26. The molecule has 3 rings (SSSR count). The molecule has 20 heavy (non-hydrogen) atoms. The Labute approximate surface area is 115 Å². The molecule has 1 aromatic carbocycles. The zero-order valence-electron chi connectivity index (χ0n) is 11.0. The zero-order chi connectivity index (χ0) is 13.8. The maximum absolute atomic E-state index is 5.05. The number of methoxy groups -OCH3 is 1. The van der Waals surface area contributed by atoms with Crippen LogP contribution in [0.1, 0.15) is 0 Å². The number of para-hydroxylation sites is 1. The first-order valence-corrected chi connectivity index (χ1v) is 6.25. The number of anilines is 1. The lowest BCUT2D eigenvalue weighted by Crippen LogP contribution is -2.12. The summed E-state index contributed by atoms with van der Waals surface area (Å²) in [6.45, 7) is 1.39. The van der Waals surface area contributed by atoms with Crippen molar-refractivity contribution in [2.75, 3.05) is 19.0 Å². The van der Waals surface area contributed by atoms with E-state index in [1.165, 1.54) is 6.33 Å². The Balaban J connectivity index is 1.65. The van der Waals surface area contributed by atoms with Gasteiger partial charge in [-0.1, -0.05) is 17.3 Å². The van der Waals surface area contributed by atoms with Gasteiger partial charge in [0, 0.05) is 12.6 Å². The van der Waals surface area contributed by atoms with E-state index in [-0.39, 0.29) is 0 Å². The third-order valence-electron chi connectivity index (χ3n) is 2.90. The number of nitrogens with zero attached hydrogens (tertiary/aromatic N) is 5. The number of benzene rings is 1. The van der Waals surface area contributed by atoms with Gasteiger partial charge < -0.3 is 10.1 Å². The average molecular weight is 270 g/mol. The summed E-state index contributed by atoms with van der Waals surface area (Å²) in [5, 5.41) is 11.4. The van der Waals surface area contributed by atoms with Crippen molar-refractivity contribution in [2.45, 2.75) is 6.54 Å². The molecular weight excluding hydrogens is 256 g/mol. The van der Waals surface area contributed by atoms with Crippen LogP contribution in [0.3, 0.4) is 0 Å². The van der Waals surface area contributed by atoms with Crippen LogP contribution < -0.4 is 10.1 Å². The Morgan fingerprint density at radius 1 is 1.25 bits per heavy atom. The van der Waals surface area contributed by atoms with Crippen LogP contribution in [0.5, 0.6) is 5.88 Å². The van der Waals surface area contributed by atoms with Crippen LogP contribution in [0.2, 0.25) is 0 Å². The van der Waals surface area contributed by atoms with Crippen molar-refractivity contribution in [3.63, 3.8) is 0 Å². The summed E-state index contributed by atoms with van der Waals surface area (Å²) in [4.78, 5) is 8.08. The van der Waals surface area contributed by atoms with Crippen LogP contribution >= 0.6 is 0 Å². The number of hydrogen-bond donors (Lipinski definition) is 1. The maximum atomic E-state index is 5.05. The maximum Gasteiger partial charge on any atom is 0.218 e. The third-order valence-corrected chi connectivity index (χ3v) is 2.90. The number of ether oxygens (including phenoxy) is 1. The van der Waals surface area contributed by atoms with E-state index in [1.807, 2.05) is 28.9 Å². The molecule has 0 aliphatic rings. The molecule has 0 saturated carbocycles. The number of aromatic nitrogens is 5. The minimum atomic E-state index is 0.536. The fraction of sp³-hybridized carbons (Fsp3) is 0.231. The van der Waals surface area contributed by atoms with E-state index in [2.05, 4.69) is 25.6 Å². The molecule has 0 aliphatic heterocycles. The van der Waals surface area contributed by atoms with Crippen molar-refractivity contribution in [3.8, 4) is 5.88 Å². The van der Waals surface area contributed by atoms with Crippen LogP contribution in [-0.2, 0) is 6.54 Å². The van der Waals surface area contributed by atoms with Crippen molar-refractivity contribution in [1.82, 2.24) is 25.0 Å². The lowest BCUT2D eigenvalue weighted by Gasteiger charge is -2.06. The van der Waals surface area contributed by atoms with Crippen LogP contribution in [-0.4, -0.2) is 38.6 Å². The summed E-state index contributed by atoms with van der Waals surface area (Å²) >= 11 is 0. The highest BCUT2D eigenvalue weighted by atomic mass is 16.5. The molecule has 0 fully saturated rings. The van der Waals surface area contributed by atoms with Gasteiger partial charge in [0.1, 0.15) is 17.7 Å². The van der Waals surface area contributed by atoms with E-state index >= 15 is 0 Å². The second-order valence-corrected chi connectivity index (χ2v) is 4.17. The van der Waals surface area contributed by atoms with Crippen molar-refractivity contribution in [2.24, 2.45) is 0 Å². The van der Waals surface area contributed by atoms with E-state index in [9.17, 15) is 0 Å². The summed E-state index contributed by atoms with van der Waals surface area (Å²) < 4.78 is 6.91. The van der Waals surface area contributed by atoms with Gasteiger partial charge in [-0.15, -0.1) is 5.10 Å². The SMILES string of the molecule is COc1cc(NCCn2nnc3ccccc32)ncn1. The van der Waals surface area contributed by atoms with Crippen LogP contribution in [0, 0.1) is 0 Å². The van der Waals surface area contributed by atoms with Crippen molar-refractivity contribution < 1.29 is 4.74 Å². The van der Waals surface area contributed by atoms with Crippen LogP contribution in [0.15, 0.2) is 36.7 Å². The Bertz CT molecular complexity index is 711. The number of nitrogens with one attached hydrogen (secondary N) is 1. The quantitative estimate of drug-likeness (QED) is 0.754. The van der Waals surface area contributed by atoms with Gasteiger partial charge in [-0.25, -0.2) is 14.6 Å². The van der Waals surface area contributed by atoms with E-state index < -0.39 is 0 Å². The Hall–Kier alpha value is -2.70. The fourth-order valence-electron chi connectivity index (χ4n) is 1.92. The molecule has 2 heterocycles. The Morgan fingerprint density at radius 2 is 2.15 bits per heavy atom. The monoisotopic (exact) mass is 270 g/mol. The van der Waals surface area contributed by atoms with E-state index in [0.717, 1.165) is 16.9 Å².